The van der Waals surface area contributed by atoms with E-state index < -0.39 is 0 Å². The third kappa shape index (κ3) is 4.73. The number of hydrogen-bond donors (Lipinski definition) is 1. The van der Waals surface area contributed by atoms with Crippen LogP contribution in [0, 0.1) is 0 Å². The molecule has 144 valence electrons. The van der Waals surface area contributed by atoms with Crippen molar-refractivity contribution in [2.45, 2.75) is 56.8 Å². The lowest BCUT2D eigenvalue weighted by atomic mass is 10.0. The molecule has 25 heavy (non-hydrogen) atoms. The zero-order chi connectivity index (χ0) is 17.1. The molecule has 0 bridgehead atoms. The minimum atomic E-state index is 0.253. The van der Waals surface area contributed by atoms with Gasteiger partial charge in [0.05, 0.1) is 6.61 Å². The van der Waals surface area contributed by atoms with Crippen LogP contribution in [0.2, 0.25) is 0 Å². The van der Waals surface area contributed by atoms with Gasteiger partial charge >= 0.3 is 0 Å². The maximum absolute atomic E-state index is 6.14. The van der Waals surface area contributed by atoms with Crippen molar-refractivity contribution in [1.82, 2.24) is 25.1 Å². The predicted molar refractivity (Wildman–Crippen MR) is 100 cm³/mol. The van der Waals surface area contributed by atoms with Crippen molar-refractivity contribution in [2.24, 2.45) is 0 Å². The van der Waals surface area contributed by atoms with Gasteiger partial charge in [0, 0.05) is 57.8 Å². The summed E-state index contributed by atoms with van der Waals surface area (Å²) in [4.78, 5) is 7.79. The molecule has 6 heteroatoms. The molecule has 4 rings (SSSR count). The van der Waals surface area contributed by atoms with E-state index in [1.165, 1.54) is 84.3 Å². The number of ether oxygens (including phenoxy) is 1. The van der Waals surface area contributed by atoms with E-state index >= 15 is 0 Å². The normalized spacial score (nSPS) is 34.4. The van der Waals surface area contributed by atoms with Crippen LogP contribution in [0.15, 0.2) is 0 Å². The summed E-state index contributed by atoms with van der Waals surface area (Å²) in [6.45, 7) is 10.6. The van der Waals surface area contributed by atoms with E-state index in [0.29, 0.717) is 0 Å². The SMILES string of the molecule is CN1CCC(N2CCN(CCOC3CC4CCCCN4N3)CC2)CC1. The zero-order valence-corrected chi connectivity index (χ0v) is 16.0. The lowest BCUT2D eigenvalue weighted by Crippen LogP contribution is -2.53. The molecule has 0 radical (unpaired) electrons. The van der Waals surface area contributed by atoms with Gasteiger partial charge in [-0.1, -0.05) is 6.42 Å². The van der Waals surface area contributed by atoms with Crippen LogP contribution >= 0.6 is 0 Å². The Kier molecular flexibility index (Phi) is 6.26. The van der Waals surface area contributed by atoms with Crippen molar-refractivity contribution < 1.29 is 4.74 Å². The molecule has 0 aliphatic carbocycles. The Labute approximate surface area is 153 Å². The van der Waals surface area contributed by atoms with Gasteiger partial charge in [0.1, 0.15) is 6.23 Å². The smallest absolute Gasteiger partial charge is 0.122 e. The fourth-order valence-electron chi connectivity index (χ4n) is 5.04. The molecular weight excluding hydrogens is 314 g/mol. The maximum atomic E-state index is 6.14. The summed E-state index contributed by atoms with van der Waals surface area (Å²) in [5, 5.41) is 2.43. The summed E-state index contributed by atoms with van der Waals surface area (Å²) in [6, 6.07) is 1.55. The zero-order valence-electron chi connectivity index (χ0n) is 16.0. The van der Waals surface area contributed by atoms with Gasteiger partial charge in [-0.05, 0) is 45.8 Å². The van der Waals surface area contributed by atoms with Crippen LogP contribution in [0.3, 0.4) is 0 Å². The number of hydrazine groups is 1. The molecule has 0 amide bonds. The third-order valence-electron chi connectivity index (χ3n) is 6.76. The summed E-state index contributed by atoms with van der Waals surface area (Å²) in [6.07, 6.45) is 8.18. The van der Waals surface area contributed by atoms with E-state index in [1.807, 2.05) is 0 Å². The van der Waals surface area contributed by atoms with E-state index in [1.54, 1.807) is 0 Å². The van der Waals surface area contributed by atoms with Crippen LogP contribution in [0.1, 0.15) is 38.5 Å². The summed E-state index contributed by atoms with van der Waals surface area (Å²) in [5.41, 5.74) is 3.56. The quantitative estimate of drug-likeness (QED) is 0.789. The number of nitrogens with one attached hydrogen (secondary N) is 1. The number of nitrogens with zero attached hydrogens (tertiary/aromatic N) is 4. The van der Waals surface area contributed by atoms with Gasteiger partial charge in [-0.2, -0.15) is 0 Å². The molecule has 0 aromatic carbocycles. The first-order valence-electron chi connectivity index (χ1n) is 10.6. The van der Waals surface area contributed by atoms with Crippen LogP contribution < -0.4 is 5.43 Å². The molecule has 0 spiro atoms. The molecule has 0 aromatic rings. The van der Waals surface area contributed by atoms with Gasteiger partial charge < -0.3 is 9.64 Å². The molecule has 4 heterocycles. The van der Waals surface area contributed by atoms with E-state index in [4.69, 9.17) is 4.74 Å². The van der Waals surface area contributed by atoms with Crippen LogP contribution in [0.4, 0.5) is 0 Å². The van der Waals surface area contributed by atoms with Crippen molar-refractivity contribution in [2.75, 3.05) is 66.0 Å². The Morgan fingerprint density at radius 2 is 1.68 bits per heavy atom. The third-order valence-corrected chi connectivity index (χ3v) is 6.76. The second-order valence-electron chi connectivity index (χ2n) is 8.48. The largest absolute Gasteiger partial charge is 0.361 e. The average molecular weight is 352 g/mol. The fourth-order valence-corrected chi connectivity index (χ4v) is 5.04. The average Bonchev–Trinajstić information content (AvgIpc) is 3.06. The van der Waals surface area contributed by atoms with Crippen molar-refractivity contribution in [3.63, 3.8) is 0 Å². The van der Waals surface area contributed by atoms with Gasteiger partial charge in [0.2, 0.25) is 0 Å². The topological polar surface area (TPSA) is 34.2 Å². The molecule has 4 aliphatic heterocycles. The molecule has 0 saturated carbocycles. The molecule has 4 aliphatic rings. The number of piperidine rings is 2. The fraction of sp³-hybridized carbons (Fsp3) is 1.00. The first kappa shape index (κ1) is 18.1. The molecule has 6 nitrogen and oxygen atoms in total. The number of rotatable bonds is 5. The van der Waals surface area contributed by atoms with Crippen LogP contribution in [0.5, 0.6) is 0 Å². The highest BCUT2D eigenvalue weighted by Gasteiger charge is 2.33. The Morgan fingerprint density at radius 3 is 2.44 bits per heavy atom. The molecule has 4 fully saturated rings. The minimum absolute atomic E-state index is 0.253. The van der Waals surface area contributed by atoms with Gasteiger partial charge in [-0.3, -0.25) is 9.80 Å². The van der Waals surface area contributed by atoms with Crippen molar-refractivity contribution >= 4 is 0 Å². The van der Waals surface area contributed by atoms with E-state index in [-0.39, 0.29) is 6.23 Å². The molecule has 2 unspecified atom stereocenters. The van der Waals surface area contributed by atoms with Gasteiger partial charge in [0.25, 0.3) is 0 Å². The monoisotopic (exact) mass is 351 g/mol. The molecule has 0 aromatic heterocycles. The standard InChI is InChI=1S/C19H37N5O/c1-21-8-5-17(6-9-21)23-12-10-22(11-13-23)14-15-25-19-16-18-4-2-3-7-24(18)20-19/h17-20H,2-16H2,1H3. The Hall–Kier alpha value is -0.240. The summed E-state index contributed by atoms with van der Waals surface area (Å²) in [5.74, 6) is 0. The Bertz CT molecular complexity index is 393. The van der Waals surface area contributed by atoms with Crippen LogP contribution in [-0.2, 0) is 4.74 Å². The lowest BCUT2D eigenvalue weighted by molar-refractivity contribution is -0.00463. The van der Waals surface area contributed by atoms with Gasteiger partial charge in [-0.25, -0.2) is 10.4 Å². The first-order chi connectivity index (χ1) is 12.3. The van der Waals surface area contributed by atoms with E-state index in [2.05, 4.69) is 32.2 Å². The van der Waals surface area contributed by atoms with Crippen molar-refractivity contribution in [3.05, 3.63) is 0 Å². The Balaban J connectivity index is 1.10. The summed E-state index contributed by atoms with van der Waals surface area (Å²) >= 11 is 0. The van der Waals surface area contributed by atoms with Crippen LogP contribution in [-0.4, -0.2) is 104 Å². The van der Waals surface area contributed by atoms with Crippen molar-refractivity contribution in [3.8, 4) is 0 Å². The molecule has 2 atom stereocenters. The van der Waals surface area contributed by atoms with Gasteiger partial charge in [0.15, 0.2) is 0 Å². The van der Waals surface area contributed by atoms with E-state index in [0.717, 1.165) is 25.2 Å². The molecular formula is C19H37N5O. The van der Waals surface area contributed by atoms with E-state index in [9.17, 15) is 0 Å². The highest BCUT2D eigenvalue weighted by atomic mass is 16.5. The van der Waals surface area contributed by atoms with Crippen LogP contribution in [0.25, 0.3) is 0 Å². The number of fused-ring (bicyclic) bond motifs is 1. The highest BCUT2D eigenvalue weighted by Crippen LogP contribution is 2.25. The lowest BCUT2D eigenvalue weighted by Gasteiger charge is -2.42. The number of hydrogen-bond acceptors (Lipinski definition) is 6. The van der Waals surface area contributed by atoms with Gasteiger partial charge in [-0.15, -0.1) is 0 Å². The molecule has 1 N–H and O–H groups in total. The number of likely N-dealkylation sites (tertiary alicyclic amines) is 1. The maximum Gasteiger partial charge on any atom is 0.122 e. The minimum Gasteiger partial charge on any atom is -0.361 e. The second kappa shape index (κ2) is 8.63. The predicted octanol–water partition coefficient (Wildman–Crippen LogP) is 0.804. The number of piperazine rings is 1. The molecule has 4 saturated heterocycles. The Morgan fingerprint density at radius 1 is 0.880 bits per heavy atom. The summed E-state index contributed by atoms with van der Waals surface area (Å²) in [7, 11) is 2.25. The summed E-state index contributed by atoms with van der Waals surface area (Å²) < 4.78 is 6.14. The van der Waals surface area contributed by atoms with Crippen molar-refractivity contribution in [1.29, 1.82) is 0 Å². The highest BCUT2D eigenvalue weighted by molar-refractivity contribution is 4.84. The first-order valence-corrected chi connectivity index (χ1v) is 10.6. The second-order valence-corrected chi connectivity index (χ2v) is 8.48.